The van der Waals surface area contributed by atoms with Crippen molar-refractivity contribution in [3.63, 3.8) is 0 Å². The van der Waals surface area contributed by atoms with Crippen LogP contribution in [0.4, 0.5) is 0 Å². The Kier molecular flexibility index (Phi) is 3.67. The molecule has 0 saturated carbocycles. The maximum atomic E-state index is 5.35. The SMILES string of the molecule is CC(C)(C)c1ccc(CNC2CCOC2)s1. The van der Waals surface area contributed by atoms with Crippen molar-refractivity contribution in [2.24, 2.45) is 0 Å². The van der Waals surface area contributed by atoms with Gasteiger partial charge in [0.25, 0.3) is 0 Å². The first-order chi connectivity index (χ1) is 7.55. The molecule has 1 aliphatic rings. The van der Waals surface area contributed by atoms with Crippen LogP contribution in [0.1, 0.15) is 36.9 Å². The van der Waals surface area contributed by atoms with Crippen molar-refractivity contribution in [3.8, 4) is 0 Å². The summed E-state index contributed by atoms with van der Waals surface area (Å²) in [7, 11) is 0. The quantitative estimate of drug-likeness (QED) is 0.875. The lowest BCUT2D eigenvalue weighted by Gasteiger charge is -2.15. The van der Waals surface area contributed by atoms with Crippen LogP contribution in [0.3, 0.4) is 0 Å². The van der Waals surface area contributed by atoms with Crippen LogP contribution in [0.25, 0.3) is 0 Å². The fourth-order valence-electron chi connectivity index (χ4n) is 1.82. The van der Waals surface area contributed by atoms with Crippen LogP contribution in [-0.4, -0.2) is 19.3 Å². The zero-order chi connectivity index (χ0) is 11.6. The molecule has 0 aromatic carbocycles. The first kappa shape index (κ1) is 12.1. The van der Waals surface area contributed by atoms with Crippen molar-refractivity contribution >= 4 is 11.3 Å². The molecule has 1 aromatic heterocycles. The Balaban J connectivity index is 1.87. The van der Waals surface area contributed by atoms with Crippen LogP contribution >= 0.6 is 11.3 Å². The van der Waals surface area contributed by atoms with E-state index in [2.05, 4.69) is 38.2 Å². The second-order valence-electron chi connectivity index (χ2n) is 5.46. The van der Waals surface area contributed by atoms with Crippen molar-refractivity contribution in [3.05, 3.63) is 21.9 Å². The third kappa shape index (κ3) is 3.06. The summed E-state index contributed by atoms with van der Waals surface area (Å²) in [5.41, 5.74) is 0.277. The summed E-state index contributed by atoms with van der Waals surface area (Å²) in [5, 5.41) is 3.55. The molecule has 90 valence electrons. The highest BCUT2D eigenvalue weighted by atomic mass is 32.1. The van der Waals surface area contributed by atoms with Gasteiger partial charge in [0, 0.05) is 28.9 Å². The van der Waals surface area contributed by atoms with Crippen molar-refractivity contribution < 1.29 is 4.74 Å². The first-order valence-corrected chi connectivity index (χ1v) is 6.78. The zero-order valence-corrected chi connectivity index (χ0v) is 11.2. The zero-order valence-electron chi connectivity index (χ0n) is 10.4. The molecule has 2 heterocycles. The van der Waals surface area contributed by atoms with Crippen molar-refractivity contribution in [1.29, 1.82) is 0 Å². The highest BCUT2D eigenvalue weighted by Crippen LogP contribution is 2.29. The Morgan fingerprint density at radius 3 is 2.81 bits per heavy atom. The summed E-state index contributed by atoms with van der Waals surface area (Å²) in [6, 6.07) is 5.06. The van der Waals surface area contributed by atoms with Gasteiger partial charge in [0.1, 0.15) is 0 Å². The van der Waals surface area contributed by atoms with E-state index >= 15 is 0 Å². The standard InChI is InChI=1S/C13H21NOS/c1-13(2,3)12-5-4-11(16-12)8-14-10-6-7-15-9-10/h4-5,10,14H,6-9H2,1-3H3. The Morgan fingerprint density at radius 1 is 1.44 bits per heavy atom. The maximum Gasteiger partial charge on any atom is 0.0620 e. The normalized spacial score (nSPS) is 21.6. The monoisotopic (exact) mass is 239 g/mol. The smallest absolute Gasteiger partial charge is 0.0620 e. The summed E-state index contributed by atoms with van der Waals surface area (Å²) < 4.78 is 5.35. The lowest BCUT2D eigenvalue weighted by molar-refractivity contribution is 0.190. The second-order valence-corrected chi connectivity index (χ2v) is 6.63. The van der Waals surface area contributed by atoms with E-state index in [4.69, 9.17) is 4.74 Å². The average Bonchev–Trinajstić information content (AvgIpc) is 2.85. The number of hydrogen-bond acceptors (Lipinski definition) is 3. The lowest BCUT2D eigenvalue weighted by atomic mass is 9.95. The molecule has 1 atom stereocenters. The topological polar surface area (TPSA) is 21.3 Å². The molecule has 2 rings (SSSR count). The van der Waals surface area contributed by atoms with E-state index in [1.807, 2.05) is 11.3 Å². The minimum Gasteiger partial charge on any atom is -0.380 e. The number of rotatable bonds is 3. The molecule has 0 radical (unpaired) electrons. The van der Waals surface area contributed by atoms with E-state index in [1.54, 1.807) is 0 Å². The molecule has 0 amide bonds. The van der Waals surface area contributed by atoms with Crippen LogP contribution in [0, 0.1) is 0 Å². The number of nitrogens with one attached hydrogen (secondary N) is 1. The van der Waals surface area contributed by atoms with Crippen LogP contribution in [0.2, 0.25) is 0 Å². The van der Waals surface area contributed by atoms with Gasteiger partial charge in [0.05, 0.1) is 6.61 Å². The van der Waals surface area contributed by atoms with E-state index in [0.717, 1.165) is 26.2 Å². The first-order valence-electron chi connectivity index (χ1n) is 5.96. The van der Waals surface area contributed by atoms with Gasteiger partial charge in [0.15, 0.2) is 0 Å². The second kappa shape index (κ2) is 4.86. The van der Waals surface area contributed by atoms with E-state index in [-0.39, 0.29) is 5.41 Å². The van der Waals surface area contributed by atoms with E-state index in [1.165, 1.54) is 9.75 Å². The molecule has 1 unspecified atom stereocenters. The van der Waals surface area contributed by atoms with Crippen LogP contribution in [-0.2, 0) is 16.7 Å². The van der Waals surface area contributed by atoms with Gasteiger partial charge in [-0.05, 0) is 24.0 Å². The Bertz CT molecular complexity index is 334. The number of ether oxygens (including phenoxy) is 1. The van der Waals surface area contributed by atoms with Gasteiger partial charge in [-0.1, -0.05) is 20.8 Å². The predicted octanol–water partition coefficient (Wildman–Crippen LogP) is 2.92. The third-order valence-corrected chi connectivity index (χ3v) is 4.41. The molecule has 1 fully saturated rings. The van der Waals surface area contributed by atoms with Crippen LogP contribution < -0.4 is 5.32 Å². The molecule has 0 aliphatic carbocycles. The number of hydrogen-bond donors (Lipinski definition) is 1. The molecule has 0 spiro atoms. The minimum absolute atomic E-state index is 0.277. The summed E-state index contributed by atoms with van der Waals surface area (Å²) in [6.07, 6.45) is 1.15. The van der Waals surface area contributed by atoms with Crippen molar-refractivity contribution in [2.75, 3.05) is 13.2 Å². The molecule has 1 saturated heterocycles. The Labute approximate surface area is 102 Å². The average molecular weight is 239 g/mol. The van der Waals surface area contributed by atoms with Gasteiger partial charge in [-0.25, -0.2) is 0 Å². The van der Waals surface area contributed by atoms with Crippen molar-refractivity contribution in [1.82, 2.24) is 5.32 Å². The molecule has 1 N–H and O–H groups in total. The fourth-order valence-corrected chi connectivity index (χ4v) is 2.83. The molecule has 16 heavy (non-hydrogen) atoms. The van der Waals surface area contributed by atoms with Gasteiger partial charge in [0.2, 0.25) is 0 Å². The molecule has 0 bridgehead atoms. The third-order valence-electron chi connectivity index (χ3n) is 2.90. The van der Waals surface area contributed by atoms with Crippen LogP contribution in [0.5, 0.6) is 0 Å². The molecule has 1 aliphatic heterocycles. The van der Waals surface area contributed by atoms with Gasteiger partial charge in [-0.15, -0.1) is 11.3 Å². The molecule has 2 nitrogen and oxygen atoms in total. The van der Waals surface area contributed by atoms with Gasteiger partial charge in [-0.3, -0.25) is 0 Å². The molecular weight excluding hydrogens is 218 g/mol. The highest BCUT2D eigenvalue weighted by Gasteiger charge is 2.17. The van der Waals surface area contributed by atoms with E-state index < -0.39 is 0 Å². The molecule has 3 heteroatoms. The molecule has 1 aromatic rings. The van der Waals surface area contributed by atoms with Gasteiger partial charge >= 0.3 is 0 Å². The van der Waals surface area contributed by atoms with E-state index in [0.29, 0.717) is 6.04 Å². The van der Waals surface area contributed by atoms with Gasteiger partial charge in [-0.2, -0.15) is 0 Å². The maximum absolute atomic E-state index is 5.35. The summed E-state index contributed by atoms with van der Waals surface area (Å²) >= 11 is 1.92. The van der Waals surface area contributed by atoms with E-state index in [9.17, 15) is 0 Å². The Hall–Kier alpha value is -0.380. The van der Waals surface area contributed by atoms with Crippen molar-refractivity contribution in [2.45, 2.75) is 45.2 Å². The number of thiophene rings is 1. The largest absolute Gasteiger partial charge is 0.380 e. The predicted molar refractivity (Wildman–Crippen MR) is 69.1 cm³/mol. The summed E-state index contributed by atoms with van der Waals surface area (Å²) in [4.78, 5) is 2.89. The highest BCUT2D eigenvalue weighted by molar-refractivity contribution is 7.12. The lowest BCUT2D eigenvalue weighted by Crippen LogP contribution is -2.28. The molecular formula is C13H21NOS. The van der Waals surface area contributed by atoms with Crippen LogP contribution in [0.15, 0.2) is 12.1 Å². The minimum atomic E-state index is 0.277. The Morgan fingerprint density at radius 2 is 2.25 bits per heavy atom. The summed E-state index contributed by atoms with van der Waals surface area (Å²) in [5.74, 6) is 0. The fraction of sp³-hybridized carbons (Fsp3) is 0.692. The summed E-state index contributed by atoms with van der Waals surface area (Å²) in [6.45, 7) is 9.56. The van der Waals surface area contributed by atoms with Gasteiger partial charge < -0.3 is 10.1 Å².